The van der Waals surface area contributed by atoms with E-state index < -0.39 is 46.9 Å². The number of benzene rings is 3. The van der Waals surface area contributed by atoms with Gasteiger partial charge in [-0.3, -0.25) is 33.6 Å². The molecule has 51 heavy (non-hydrogen) atoms. The molecule has 5 rings (SSSR count). The summed E-state index contributed by atoms with van der Waals surface area (Å²) in [7, 11) is -3.99. The first-order chi connectivity index (χ1) is 24.3. The number of hydrogen-bond donors (Lipinski definition) is 2. The number of nitrogens with zero attached hydrogens (tertiary/aromatic N) is 4. The number of halogens is 2. The molecule has 0 aliphatic carbocycles. The van der Waals surface area contributed by atoms with Crippen molar-refractivity contribution >= 4 is 74.1 Å². The normalized spacial score (nSPS) is 15.2. The Balaban J connectivity index is 1.31. The Morgan fingerprint density at radius 1 is 1.02 bits per heavy atom. The fourth-order valence-corrected chi connectivity index (χ4v) is 6.92. The molecular formula is C35H30Cl2N6O7S. The average Bonchev–Trinajstić information content (AvgIpc) is 3.45. The number of nitrogens with one attached hydrogen (secondary N) is 2. The smallest absolute Gasteiger partial charge is 0.255 e. The first kappa shape index (κ1) is 36.9. The van der Waals surface area contributed by atoms with E-state index in [0.29, 0.717) is 22.3 Å². The molecule has 1 unspecified atom stereocenters. The molecule has 13 nitrogen and oxygen atoms in total. The highest BCUT2D eigenvalue weighted by molar-refractivity contribution is 7.92. The van der Waals surface area contributed by atoms with Gasteiger partial charge in [0.1, 0.15) is 19.1 Å². The molecule has 1 saturated heterocycles. The standard InChI is InChI=1S/C35H30Cl2N6O7S/c1-2-51(49,50)43(25-12-13-28(36)29(37)17-25)21-33(46)41(24-10-8-22(18-38)9-11-24)20-32(45)39-16-4-6-23-5-3-7-26-27(23)19-42(35(26)48)30-14-15-31(44)40-34(30)47/h3,5,7-13,17,30H,2,14-16,19-21H2,1H3,(H,39,45)(H,40,44,47). The maximum Gasteiger partial charge on any atom is 0.255 e. The second kappa shape index (κ2) is 15.6. The summed E-state index contributed by atoms with van der Waals surface area (Å²) in [5, 5.41) is 14.4. The Bertz CT molecular complexity index is 2140. The van der Waals surface area contributed by atoms with Gasteiger partial charge in [-0.15, -0.1) is 0 Å². The van der Waals surface area contributed by atoms with Gasteiger partial charge in [0.2, 0.25) is 33.7 Å². The summed E-state index contributed by atoms with van der Waals surface area (Å²) >= 11 is 12.2. The fourth-order valence-electron chi connectivity index (χ4n) is 5.58. The molecule has 2 aliphatic rings. The summed E-state index contributed by atoms with van der Waals surface area (Å²) in [6.07, 6.45) is 0.353. The number of sulfonamides is 1. The lowest BCUT2D eigenvalue weighted by Crippen LogP contribution is -2.52. The number of anilines is 2. The van der Waals surface area contributed by atoms with Gasteiger partial charge < -0.3 is 15.1 Å². The number of piperidine rings is 1. The third-order valence-electron chi connectivity index (χ3n) is 8.26. The molecule has 5 amide bonds. The Hall–Kier alpha value is -5.41. The lowest BCUT2D eigenvalue weighted by molar-refractivity contribution is -0.137. The van der Waals surface area contributed by atoms with Crippen LogP contribution in [-0.2, 0) is 35.7 Å². The molecule has 16 heteroatoms. The highest BCUT2D eigenvalue weighted by Crippen LogP contribution is 2.31. The molecule has 0 radical (unpaired) electrons. The molecule has 3 aromatic rings. The van der Waals surface area contributed by atoms with Crippen LogP contribution >= 0.6 is 23.2 Å². The average molecular weight is 750 g/mol. The Morgan fingerprint density at radius 3 is 2.41 bits per heavy atom. The van der Waals surface area contributed by atoms with Crippen molar-refractivity contribution in [1.29, 1.82) is 5.26 Å². The highest BCUT2D eigenvalue weighted by atomic mass is 35.5. The zero-order valence-electron chi connectivity index (χ0n) is 27.1. The summed E-state index contributed by atoms with van der Waals surface area (Å²) in [5.41, 5.74) is 2.20. The maximum absolute atomic E-state index is 13.8. The lowest BCUT2D eigenvalue weighted by Gasteiger charge is -2.29. The molecule has 0 bridgehead atoms. The van der Waals surface area contributed by atoms with E-state index >= 15 is 0 Å². The lowest BCUT2D eigenvalue weighted by atomic mass is 10.0. The predicted molar refractivity (Wildman–Crippen MR) is 189 cm³/mol. The van der Waals surface area contributed by atoms with Crippen LogP contribution in [0.5, 0.6) is 0 Å². The van der Waals surface area contributed by atoms with Crippen molar-refractivity contribution in [2.75, 3.05) is 34.6 Å². The zero-order valence-corrected chi connectivity index (χ0v) is 29.4. The van der Waals surface area contributed by atoms with Crippen LogP contribution in [0.3, 0.4) is 0 Å². The van der Waals surface area contributed by atoms with Gasteiger partial charge in [-0.25, -0.2) is 8.42 Å². The van der Waals surface area contributed by atoms with Crippen molar-refractivity contribution in [1.82, 2.24) is 15.5 Å². The van der Waals surface area contributed by atoms with Gasteiger partial charge in [-0.05, 0) is 73.5 Å². The maximum atomic E-state index is 13.8. The van der Waals surface area contributed by atoms with Gasteiger partial charge in [-0.2, -0.15) is 5.26 Å². The van der Waals surface area contributed by atoms with Gasteiger partial charge in [0.05, 0.1) is 39.7 Å². The van der Waals surface area contributed by atoms with Crippen LogP contribution in [0.4, 0.5) is 11.4 Å². The Kier molecular flexibility index (Phi) is 11.3. The fraction of sp³-hybridized carbons (Fsp3) is 0.257. The van der Waals surface area contributed by atoms with Gasteiger partial charge in [-0.1, -0.05) is 41.1 Å². The van der Waals surface area contributed by atoms with E-state index in [1.807, 2.05) is 6.07 Å². The number of carbonyl (C=O) groups is 5. The molecule has 262 valence electrons. The molecule has 2 heterocycles. The van der Waals surface area contributed by atoms with Crippen LogP contribution < -0.4 is 19.8 Å². The van der Waals surface area contributed by atoms with Crippen LogP contribution in [-0.4, -0.2) is 74.3 Å². The van der Waals surface area contributed by atoms with E-state index in [1.54, 1.807) is 18.2 Å². The molecule has 1 atom stereocenters. The minimum absolute atomic E-state index is 0.0843. The van der Waals surface area contributed by atoms with Crippen LogP contribution in [0.1, 0.15) is 46.8 Å². The van der Waals surface area contributed by atoms with E-state index in [2.05, 4.69) is 22.5 Å². The summed E-state index contributed by atoms with van der Waals surface area (Å²) in [5.74, 6) is 2.88. The second-order valence-electron chi connectivity index (χ2n) is 11.5. The largest absolute Gasteiger partial charge is 0.344 e. The Morgan fingerprint density at radius 2 is 1.75 bits per heavy atom. The minimum Gasteiger partial charge on any atom is -0.344 e. The monoisotopic (exact) mass is 748 g/mol. The summed E-state index contributed by atoms with van der Waals surface area (Å²) in [6.45, 7) is 0.237. The number of imide groups is 1. The van der Waals surface area contributed by atoms with Gasteiger partial charge in [0, 0.05) is 29.8 Å². The van der Waals surface area contributed by atoms with Gasteiger partial charge >= 0.3 is 0 Å². The predicted octanol–water partition coefficient (Wildman–Crippen LogP) is 2.98. The number of carbonyl (C=O) groups excluding carboxylic acids is 5. The third kappa shape index (κ3) is 8.32. The SMILES string of the molecule is CCS(=O)(=O)N(CC(=O)N(CC(=O)NCC#Cc1cccc2c1CN(C1CCC(=O)NC1=O)C2=O)c1ccc(C#N)cc1)c1ccc(Cl)c(Cl)c1. The molecule has 3 aromatic carbocycles. The number of hydrogen-bond acceptors (Lipinski definition) is 8. The topological polar surface area (TPSA) is 177 Å². The van der Waals surface area contributed by atoms with Crippen molar-refractivity contribution in [3.05, 3.63) is 93.0 Å². The zero-order chi connectivity index (χ0) is 36.9. The molecule has 1 fully saturated rings. The first-order valence-corrected chi connectivity index (χ1v) is 18.0. The van der Waals surface area contributed by atoms with Crippen molar-refractivity contribution in [2.45, 2.75) is 32.4 Å². The second-order valence-corrected chi connectivity index (χ2v) is 14.5. The third-order valence-corrected chi connectivity index (χ3v) is 10.7. The van der Waals surface area contributed by atoms with E-state index in [0.717, 1.165) is 9.21 Å². The summed E-state index contributed by atoms with van der Waals surface area (Å²) in [6, 6.07) is 16.2. The van der Waals surface area contributed by atoms with Crippen molar-refractivity contribution in [2.24, 2.45) is 0 Å². The van der Waals surface area contributed by atoms with Gasteiger partial charge in [0.25, 0.3) is 5.91 Å². The Labute approximate surface area is 304 Å². The number of nitriles is 1. The number of fused-ring (bicyclic) bond motifs is 1. The molecule has 0 spiro atoms. The van der Waals surface area contributed by atoms with E-state index in [1.165, 1.54) is 54.3 Å². The first-order valence-electron chi connectivity index (χ1n) is 15.6. The molecule has 2 N–H and O–H groups in total. The summed E-state index contributed by atoms with van der Waals surface area (Å²) in [4.78, 5) is 66.6. The van der Waals surface area contributed by atoms with Crippen LogP contribution in [0.25, 0.3) is 0 Å². The van der Waals surface area contributed by atoms with Crippen LogP contribution in [0, 0.1) is 23.2 Å². The van der Waals surface area contributed by atoms with Crippen molar-refractivity contribution in [3.63, 3.8) is 0 Å². The van der Waals surface area contributed by atoms with Gasteiger partial charge in [0.15, 0.2) is 0 Å². The quantitative estimate of drug-likeness (QED) is 0.235. The molecule has 0 aromatic heterocycles. The molecule has 0 saturated carbocycles. The number of amides is 5. The van der Waals surface area contributed by atoms with Crippen LogP contribution in [0.2, 0.25) is 10.0 Å². The van der Waals surface area contributed by atoms with E-state index in [4.69, 9.17) is 23.2 Å². The van der Waals surface area contributed by atoms with Crippen molar-refractivity contribution < 1.29 is 32.4 Å². The minimum atomic E-state index is -3.99. The van der Waals surface area contributed by atoms with Crippen LogP contribution in [0.15, 0.2) is 60.7 Å². The molecular weight excluding hydrogens is 719 g/mol. The van der Waals surface area contributed by atoms with E-state index in [9.17, 15) is 37.7 Å². The van der Waals surface area contributed by atoms with E-state index in [-0.39, 0.29) is 64.9 Å². The summed E-state index contributed by atoms with van der Waals surface area (Å²) < 4.78 is 27.1. The highest BCUT2D eigenvalue weighted by Gasteiger charge is 2.39. The number of rotatable bonds is 10. The molecule has 2 aliphatic heterocycles. The van der Waals surface area contributed by atoms with Crippen molar-refractivity contribution in [3.8, 4) is 17.9 Å².